The van der Waals surface area contributed by atoms with Gasteiger partial charge in [0.05, 0.1) is 5.69 Å². The second kappa shape index (κ2) is 6.91. The van der Waals surface area contributed by atoms with E-state index >= 15 is 0 Å². The molecule has 1 fully saturated rings. The molecule has 1 aliphatic rings. The van der Waals surface area contributed by atoms with E-state index in [4.69, 9.17) is 0 Å². The van der Waals surface area contributed by atoms with Gasteiger partial charge in [0.2, 0.25) is 5.91 Å². The number of hydrogen-bond acceptors (Lipinski definition) is 4. The molecule has 1 amide bonds. The van der Waals surface area contributed by atoms with Gasteiger partial charge in [-0.25, -0.2) is 0 Å². The van der Waals surface area contributed by atoms with Crippen LogP contribution in [0, 0.1) is 13.8 Å². The van der Waals surface area contributed by atoms with Crippen LogP contribution in [0.2, 0.25) is 0 Å². The summed E-state index contributed by atoms with van der Waals surface area (Å²) in [7, 11) is 1.78. The minimum Gasteiger partial charge on any atom is -0.480 e. The lowest BCUT2D eigenvalue weighted by Crippen LogP contribution is -2.56. The summed E-state index contributed by atoms with van der Waals surface area (Å²) in [5.74, 6) is -0.844. The van der Waals surface area contributed by atoms with Crippen LogP contribution in [0.5, 0.6) is 0 Å². The van der Waals surface area contributed by atoms with Gasteiger partial charge in [0.25, 0.3) is 0 Å². The molecule has 7 heteroatoms. The van der Waals surface area contributed by atoms with Crippen LogP contribution in [0.4, 0.5) is 0 Å². The van der Waals surface area contributed by atoms with Crippen LogP contribution >= 0.6 is 0 Å². The first-order valence-corrected chi connectivity index (χ1v) is 7.60. The highest BCUT2D eigenvalue weighted by Gasteiger charge is 2.31. The monoisotopic (exact) mass is 308 g/mol. The van der Waals surface area contributed by atoms with E-state index in [1.54, 1.807) is 16.8 Å². The predicted molar refractivity (Wildman–Crippen MR) is 81.6 cm³/mol. The summed E-state index contributed by atoms with van der Waals surface area (Å²) in [6, 6.07) is 1.41. The number of aromatic nitrogens is 2. The SMILES string of the molecule is Cc1cc(C)n(CCCC(=O)N2CCN(C)[C@H](C(=O)O)C2)n1. The number of aryl methyl sites for hydroxylation is 3. The first-order chi connectivity index (χ1) is 10.4. The third-order valence-corrected chi connectivity index (χ3v) is 4.15. The van der Waals surface area contributed by atoms with E-state index < -0.39 is 12.0 Å². The van der Waals surface area contributed by atoms with Crippen LogP contribution in [0.15, 0.2) is 6.07 Å². The molecule has 0 bridgehead atoms. The summed E-state index contributed by atoms with van der Waals surface area (Å²) >= 11 is 0. The first-order valence-electron chi connectivity index (χ1n) is 7.60. The van der Waals surface area contributed by atoms with Gasteiger partial charge in [-0.05, 0) is 33.4 Å². The Labute approximate surface area is 130 Å². The molecular formula is C15H24N4O3. The molecule has 1 saturated heterocycles. The average Bonchev–Trinajstić information content (AvgIpc) is 2.77. The molecule has 0 aliphatic carbocycles. The Morgan fingerprint density at radius 2 is 2.09 bits per heavy atom. The lowest BCUT2D eigenvalue weighted by Gasteiger charge is -2.37. The molecule has 122 valence electrons. The number of carbonyl (C=O) groups is 2. The maximum absolute atomic E-state index is 12.2. The second-order valence-corrected chi connectivity index (χ2v) is 5.93. The van der Waals surface area contributed by atoms with Crippen molar-refractivity contribution in [2.24, 2.45) is 0 Å². The molecule has 1 atom stereocenters. The molecule has 2 rings (SSSR count). The van der Waals surface area contributed by atoms with Gasteiger partial charge in [0.15, 0.2) is 0 Å². The number of hydrogen-bond donors (Lipinski definition) is 1. The first kappa shape index (κ1) is 16.5. The van der Waals surface area contributed by atoms with Crippen molar-refractivity contribution in [2.45, 2.75) is 39.3 Å². The van der Waals surface area contributed by atoms with Gasteiger partial charge in [0.1, 0.15) is 6.04 Å². The number of carbonyl (C=O) groups excluding carboxylic acids is 1. The summed E-state index contributed by atoms with van der Waals surface area (Å²) in [5, 5.41) is 13.5. The van der Waals surface area contributed by atoms with E-state index in [9.17, 15) is 14.7 Å². The van der Waals surface area contributed by atoms with Gasteiger partial charge in [-0.2, -0.15) is 5.10 Å². The average molecular weight is 308 g/mol. The van der Waals surface area contributed by atoms with E-state index in [1.165, 1.54) is 0 Å². The van der Waals surface area contributed by atoms with Crippen molar-refractivity contribution in [3.8, 4) is 0 Å². The number of likely N-dealkylation sites (N-methyl/N-ethyl adjacent to an activating group) is 1. The highest BCUT2D eigenvalue weighted by atomic mass is 16.4. The van der Waals surface area contributed by atoms with Crippen LogP contribution in [0.3, 0.4) is 0 Å². The number of amides is 1. The summed E-state index contributed by atoms with van der Waals surface area (Å²) < 4.78 is 1.91. The Morgan fingerprint density at radius 3 is 2.68 bits per heavy atom. The van der Waals surface area contributed by atoms with Crippen molar-refractivity contribution >= 4 is 11.9 Å². The second-order valence-electron chi connectivity index (χ2n) is 5.93. The summed E-state index contributed by atoms with van der Waals surface area (Å²) in [5.41, 5.74) is 2.07. The number of carboxylic acid groups (broad SMARTS) is 1. The number of aliphatic carboxylic acids is 1. The zero-order chi connectivity index (χ0) is 16.3. The van der Waals surface area contributed by atoms with Gasteiger partial charge < -0.3 is 10.0 Å². The number of rotatable bonds is 5. The smallest absolute Gasteiger partial charge is 0.322 e. The zero-order valence-electron chi connectivity index (χ0n) is 13.4. The lowest BCUT2D eigenvalue weighted by atomic mass is 10.1. The summed E-state index contributed by atoms with van der Waals surface area (Å²) in [6.07, 6.45) is 1.14. The number of piperazine rings is 1. The van der Waals surface area contributed by atoms with Crippen molar-refractivity contribution in [3.63, 3.8) is 0 Å². The fourth-order valence-electron chi connectivity index (χ4n) is 2.81. The molecule has 1 aromatic heterocycles. The maximum atomic E-state index is 12.2. The van der Waals surface area contributed by atoms with Crippen LogP contribution in [-0.4, -0.2) is 69.3 Å². The third-order valence-electron chi connectivity index (χ3n) is 4.15. The van der Waals surface area contributed by atoms with E-state index in [0.717, 1.165) is 11.4 Å². The third kappa shape index (κ3) is 3.85. The van der Waals surface area contributed by atoms with Gasteiger partial charge in [-0.3, -0.25) is 19.2 Å². The number of carboxylic acids is 1. The number of nitrogens with zero attached hydrogens (tertiary/aromatic N) is 4. The van der Waals surface area contributed by atoms with Gasteiger partial charge in [-0.1, -0.05) is 0 Å². The molecule has 22 heavy (non-hydrogen) atoms. The fraction of sp³-hybridized carbons (Fsp3) is 0.667. The van der Waals surface area contributed by atoms with Crippen LogP contribution < -0.4 is 0 Å². The molecular weight excluding hydrogens is 284 g/mol. The molecule has 0 aromatic carbocycles. The molecule has 0 spiro atoms. The fourth-order valence-corrected chi connectivity index (χ4v) is 2.81. The quantitative estimate of drug-likeness (QED) is 0.857. The standard InChI is InChI=1S/C15H24N4O3/c1-11-9-12(2)19(16-11)6-4-5-14(20)18-8-7-17(3)13(10-18)15(21)22/h9,13H,4-8,10H2,1-3H3,(H,21,22)/t13-/m0/s1. The largest absolute Gasteiger partial charge is 0.480 e. The molecule has 0 unspecified atom stereocenters. The topological polar surface area (TPSA) is 78.7 Å². The summed E-state index contributed by atoms with van der Waals surface area (Å²) in [6.45, 7) is 6.12. The van der Waals surface area contributed by atoms with Crippen molar-refractivity contribution in [1.29, 1.82) is 0 Å². The van der Waals surface area contributed by atoms with Crippen LogP contribution in [0.25, 0.3) is 0 Å². The molecule has 0 saturated carbocycles. The van der Waals surface area contributed by atoms with Gasteiger partial charge in [0, 0.05) is 38.3 Å². The summed E-state index contributed by atoms with van der Waals surface area (Å²) in [4.78, 5) is 26.9. The molecule has 1 aromatic rings. The van der Waals surface area contributed by atoms with E-state index in [0.29, 0.717) is 32.5 Å². The molecule has 1 aliphatic heterocycles. The van der Waals surface area contributed by atoms with Crippen LogP contribution in [0.1, 0.15) is 24.2 Å². The Bertz CT molecular complexity index is 555. The van der Waals surface area contributed by atoms with Gasteiger partial charge in [-0.15, -0.1) is 0 Å². The molecule has 2 heterocycles. The van der Waals surface area contributed by atoms with E-state index in [1.807, 2.05) is 24.6 Å². The van der Waals surface area contributed by atoms with Gasteiger partial charge >= 0.3 is 5.97 Å². The normalized spacial score (nSPS) is 19.4. The predicted octanol–water partition coefficient (Wildman–Crippen LogP) is 0.507. The molecule has 7 nitrogen and oxygen atoms in total. The van der Waals surface area contributed by atoms with Crippen molar-refractivity contribution in [1.82, 2.24) is 19.6 Å². The van der Waals surface area contributed by atoms with Crippen LogP contribution in [-0.2, 0) is 16.1 Å². The minimum atomic E-state index is -0.873. The van der Waals surface area contributed by atoms with Crippen molar-refractivity contribution in [2.75, 3.05) is 26.7 Å². The van der Waals surface area contributed by atoms with Crippen molar-refractivity contribution in [3.05, 3.63) is 17.5 Å². The Balaban J connectivity index is 1.82. The molecule has 1 N–H and O–H groups in total. The minimum absolute atomic E-state index is 0.0286. The zero-order valence-corrected chi connectivity index (χ0v) is 13.4. The van der Waals surface area contributed by atoms with E-state index in [2.05, 4.69) is 5.10 Å². The lowest BCUT2D eigenvalue weighted by molar-refractivity contribution is -0.147. The Morgan fingerprint density at radius 1 is 1.36 bits per heavy atom. The molecule has 0 radical (unpaired) electrons. The van der Waals surface area contributed by atoms with E-state index in [-0.39, 0.29) is 12.5 Å². The highest BCUT2D eigenvalue weighted by molar-refractivity contribution is 5.79. The Kier molecular flexibility index (Phi) is 5.18. The highest BCUT2D eigenvalue weighted by Crippen LogP contribution is 2.11. The van der Waals surface area contributed by atoms with Crippen molar-refractivity contribution < 1.29 is 14.7 Å². The maximum Gasteiger partial charge on any atom is 0.322 e. The Hall–Kier alpha value is -1.89.